The maximum atomic E-state index is 12.7. The van der Waals surface area contributed by atoms with Crippen LogP contribution in [0.2, 0.25) is 0 Å². The minimum atomic E-state index is -0.133. The number of ether oxygens (including phenoxy) is 1. The number of furan rings is 1. The van der Waals surface area contributed by atoms with Gasteiger partial charge in [0.05, 0.1) is 35.7 Å². The summed E-state index contributed by atoms with van der Waals surface area (Å²) in [4.78, 5) is 18.9. The van der Waals surface area contributed by atoms with Gasteiger partial charge in [0.1, 0.15) is 5.76 Å². The molecule has 1 fully saturated rings. The Morgan fingerprint density at radius 1 is 1.58 bits per heavy atom. The summed E-state index contributed by atoms with van der Waals surface area (Å²) >= 11 is 1.59. The van der Waals surface area contributed by atoms with Crippen LogP contribution in [0.4, 0.5) is 4.79 Å². The van der Waals surface area contributed by atoms with Crippen LogP contribution in [-0.2, 0) is 11.3 Å². The number of aryl methyl sites for hydroxylation is 1. The van der Waals surface area contributed by atoms with Crippen molar-refractivity contribution in [1.82, 2.24) is 15.2 Å². The Morgan fingerprint density at radius 3 is 3.08 bits per heavy atom. The molecule has 0 saturated carbocycles. The molecule has 0 spiro atoms. The lowest BCUT2D eigenvalue weighted by Gasteiger charge is -2.26. The Balaban J connectivity index is 1.64. The molecule has 2 aromatic heterocycles. The molecule has 1 N–H and O–H groups in total. The first kappa shape index (κ1) is 17.0. The molecule has 2 amide bonds. The van der Waals surface area contributed by atoms with E-state index in [1.165, 1.54) is 0 Å². The van der Waals surface area contributed by atoms with E-state index >= 15 is 0 Å². The van der Waals surface area contributed by atoms with Crippen molar-refractivity contribution in [3.63, 3.8) is 0 Å². The fraction of sp³-hybridized carbons (Fsp3) is 0.529. The average molecular weight is 349 g/mol. The van der Waals surface area contributed by atoms with Crippen LogP contribution in [0.3, 0.4) is 0 Å². The number of amides is 2. The molecule has 130 valence electrons. The molecule has 7 heteroatoms. The van der Waals surface area contributed by atoms with Gasteiger partial charge in [-0.2, -0.15) is 0 Å². The maximum Gasteiger partial charge on any atom is 0.318 e. The lowest BCUT2D eigenvalue weighted by molar-refractivity contribution is 0.0772. The molecule has 1 aliphatic heterocycles. The maximum absolute atomic E-state index is 12.7. The van der Waals surface area contributed by atoms with Crippen molar-refractivity contribution >= 4 is 17.4 Å². The number of urea groups is 1. The van der Waals surface area contributed by atoms with Gasteiger partial charge in [0, 0.05) is 18.5 Å². The van der Waals surface area contributed by atoms with Crippen LogP contribution in [0.15, 0.2) is 28.2 Å². The zero-order valence-corrected chi connectivity index (χ0v) is 14.8. The van der Waals surface area contributed by atoms with Crippen molar-refractivity contribution in [3.05, 3.63) is 40.2 Å². The number of hydrogen-bond donors (Lipinski definition) is 1. The van der Waals surface area contributed by atoms with E-state index in [1.807, 2.05) is 31.4 Å². The molecule has 0 radical (unpaired) electrons. The number of rotatable bonds is 6. The van der Waals surface area contributed by atoms with Crippen LogP contribution in [0, 0.1) is 6.92 Å². The van der Waals surface area contributed by atoms with Crippen molar-refractivity contribution < 1.29 is 13.9 Å². The standard InChI is InChI=1S/C17H23N3O3S/c1-12(16-11-24-13(2)19-16)18-17(21)20(9-14-5-3-7-22-14)10-15-6-4-8-23-15/h3,5,7,11-12,15H,4,6,8-10H2,1-2H3,(H,18,21)/t12-,15+/m1/s1. The topological polar surface area (TPSA) is 67.6 Å². The second-order valence-electron chi connectivity index (χ2n) is 6.06. The molecule has 24 heavy (non-hydrogen) atoms. The van der Waals surface area contributed by atoms with Gasteiger partial charge in [0.25, 0.3) is 0 Å². The molecule has 2 atom stereocenters. The Labute approximate surface area is 145 Å². The van der Waals surface area contributed by atoms with Crippen molar-refractivity contribution in [3.8, 4) is 0 Å². The van der Waals surface area contributed by atoms with Gasteiger partial charge < -0.3 is 19.4 Å². The molecule has 6 nitrogen and oxygen atoms in total. The normalized spacial score (nSPS) is 18.5. The van der Waals surface area contributed by atoms with Crippen LogP contribution in [0.5, 0.6) is 0 Å². The molecule has 0 unspecified atom stereocenters. The van der Waals surface area contributed by atoms with E-state index in [1.54, 1.807) is 22.5 Å². The first-order valence-corrected chi connectivity index (χ1v) is 9.11. The second kappa shape index (κ2) is 7.81. The van der Waals surface area contributed by atoms with Crippen LogP contribution >= 0.6 is 11.3 Å². The van der Waals surface area contributed by atoms with Crippen molar-refractivity contribution in [2.45, 2.75) is 45.4 Å². The highest BCUT2D eigenvalue weighted by Crippen LogP contribution is 2.18. The van der Waals surface area contributed by atoms with Gasteiger partial charge in [-0.3, -0.25) is 0 Å². The van der Waals surface area contributed by atoms with Crippen LogP contribution in [0.25, 0.3) is 0 Å². The fourth-order valence-electron chi connectivity index (χ4n) is 2.77. The highest BCUT2D eigenvalue weighted by Gasteiger charge is 2.25. The predicted octanol–water partition coefficient (Wildman–Crippen LogP) is 3.50. The molecule has 1 aliphatic rings. The summed E-state index contributed by atoms with van der Waals surface area (Å²) in [6.07, 6.45) is 3.76. The Bertz CT molecular complexity index is 650. The van der Waals surface area contributed by atoms with Gasteiger partial charge in [-0.05, 0) is 38.8 Å². The SMILES string of the molecule is Cc1nc([C@@H](C)NC(=O)N(Cc2ccco2)C[C@@H]2CCCO2)cs1. The van der Waals surface area contributed by atoms with E-state index in [0.717, 1.165) is 35.9 Å². The van der Waals surface area contributed by atoms with E-state index in [0.29, 0.717) is 13.1 Å². The van der Waals surface area contributed by atoms with Gasteiger partial charge in [-0.15, -0.1) is 11.3 Å². The van der Waals surface area contributed by atoms with Crippen molar-refractivity contribution in [2.75, 3.05) is 13.2 Å². The molecular weight excluding hydrogens is 326 g/mol. The van der Waals surface area contributed by atoms with Gasteiger partial charge >= 0.3 is 6.03 Å². The monoisotopic (exact) mass is 349 g/mol. The predicted molar refractivity (Wildman–Crippen MR) is 91.9 cm³/mol. The van der Waals surface area contributed by atoms with E-state index in [2.05, 4.69) is 10.3 Å². The quantitative estimate of drug-likeness (QED) is 0.867. The van der Waals surface area contributed by atoms with E-state index in [9.17, 15) is 4.79 Å². The summed E-state index contributed by atoms with van der Waals surface area (Å²) in [7, 11) is 0. The Morgan fingerprint density at radius 2 is 2.46 bits per heavy atom. The highest BCUT2D eigenvalue weighted by molar-refractivity contribution is 7.09. The third-order valence-electron chi connectivity index (χ3n) is 4.08. The van der Waals surface area contributed by atoms with Gasteiger partial charge in [0.2, 0.25) is 0 Å². The highest BCUT2D eigenvalue weighted by atomic mass is 32.1. The number of thiazole rings is 1. The smallest absolute Gasteiger partial charge is 0.318 e. The Kier molecular flexibility index (Phi) is 5.52. The third-order valence-corrected chi connectivity index (χ3v) is 4.87. The number of carbonyl (C=O) groups is 1. The third kappa shape index (κ3) is 4.36. The minimum Gasteiger partial charge on any atom is -0.467 e. The van der Waals surface area contributed by atoms with Crippen LogP contribution in [-0.4, -0.2) is 35.2 Å². The Hall–Kier alpha value is -1.86. The molecule has 3 heterocycles. The molecule has 1 saturated heterocycles. The van der Waals surface area contributed by atoms with Crippen LogP contribution < -0.4 is 5.32 Å². The minimum absolute atomic E-state index is 0.0996. The number of nitrogens with one attached hydrogen (secondary N) is 1. The first-order chi connectivity index (χ1) is 11.6. The summed E-state index contributed by atoms with van der Waals surface area (Å²) in [5.74, 6) is 0.764. The number of aromatic nitrogens is 1. The molecule has 3 rings (SSSR count). The summed E-state index contributed by atoms with van der Waals surface area (Å²) in [6, 6.07) is 3.45. The average Bonchev–Trinajstić information content (AvgIpc) is 3.28. The van der Waals surface area contributed by atoms with E-state index in [-0.39, 0.29) is 18.2 Å². The van der Waals surface area contributed by atoms with Gasteiger partial charge in [-0.25, -0.2) is 9.78 Å². The second-order valence-corrected chi connectivity index (χ2v) is 7.12. The zero-order valence-electron chi connectivity index (χ0n) is 14.0. The first-order valence-electron chi connectivity index (χ1n) is 8.23. The fourth-order valence-corrected chi connectivity index (χ4v) is 3.48. The van der Waals surface area contributed by atoms with Gasteiger partial charge in [-0.1, -0.05) is 0 Å². The van der Waals surface area contributed by atoms with E-state index < -0.39 is 0 Å². The lowest BCUT2D eigenvalue weighted by Crippen LogP contribution is -2.44. The van der Waals surface area contributed by atoms with Crippen LogP contribution in [0.1, 0.15) is 42.3 Å². The van der Waals surface area contributed by atoms with Crippen molar-refractivity contribution in [2.24, 2.45) is 0 Å². The molecular formula is C17H23N3O3S. The number of nitrogens with zero attached hydrogens (tertiary/aromatic N) is 2. The summed E-state index contributed by atoms with van der Waals surface area (Å²) in [5, 5.41) is 6.01. The molecule has 0 aromatic carbocycles. The number of hydrogen-bond acceptors (Lipinski definition) is 5. The molecule has 0 bridgehead atoms. The van der Waals surface area contributed by atoms with E-state index in [4.69, 9.17) is 9.15 Å². The summed E-state index contributed by atoms with van der Waals surface area (Å²) in [5.41, 5.74) is 0.890. The zero-order chi connectivity index (χ0) is 16.9. The molecule has 2 aromatic rings. The van der Waals surface area contributed by atoms with Gasteiger partial charge in [0.15, 0.2) is 0 Å². The molecule has 0 aliphatic carbocycles. The number of carbonyl (C=O) groups excluding carboxylic acids is 1. The summed E-state index contributed by atoms with van der Waals surface area (Å²) < 4.78 is 11.1. The largest absolute Gasteiger partial charge is 0.467 e. The lowest BCUT2D eigenvalue weighted by atomic mass is 10.2. The summed E-state index contributed by atoms with van der Waals surface area (Å²) in [6.45, 7) is 5.68. The van der Waals surface area contributed by atoms with Crippen molar-refractivity contribution in [1.29, 1.82) is 0 Å².